The number of hydrazone groups is 1. The van der Waals surface area contributed by atoms with E-state index in [4.69, 9.17) is 9.47 Å². The van der Waals surface area contributed by atoms with Gasteiger partial charge in [-0.25, -0.2) is 10.2 Å². The molecule has 0 aliphatic heterocycles. The van der Waals surface area contributed by atoms with Gasteiger partial charge < -0.3 is 20.1 Å². The van der Waals surface area contributed by atoms with E-state index in [-0.39, 0.29) is 28.7 Å². The van der Waals surface area contributed by atoms with Gasteiger partial charge in [0.2, 0.25) is 17.8 Å². The van der Waals surface area contributed by atoms with Crippen molar-refractivity contribution >= 4 is 47.1 Å². The Morgan fingerprint density at radius 1 is 0.791 bits per heavy atom. The molecule has 0 atom stereocenters. The van der Waals surface area contributed by atoms with Gasteiger partial charge in [-0.3, -0.25) is 10.1 Å². The van der Waals surface area contributed by atoms with Crippen molar-refractivity contribution < 1.29 is 19.2 Å². The molecule has 13 heteroatoms. The van der Waals surface area contributed by atoms with Gasteiger partial charge in [0, 0.05) is 23.5 Å². The van der Waals surface area contributed by atoms with Crippen LogP contribution < -0.4 is 25.5 Å². The van der Waals surface area contributed by atoms with Crippen LogP contribution in [0.2, 0.25) is 0 Å². The maximum absolute atomic E-state index is 12.5. The molecule has 0 bridgehead atoms. The Kier molecular flexibility index (Phi) is 8.73. The van der Waals surface area contributed by atoms with E-state index in [9.17, 15) is 14.9 Å². The second kappa shape index (κ2) is 13.3. The first-order chi connectivity index (χ1) is 21.0. The zero-order valence-electron chi connectivity index (χ0n) is 22.7. The number of para-hydroxylation sites is 2. The number of carbonyl (C=O) groups excluding carboxylic acids is 1. The Balaban J connectivity index is 1.30. The first kappa shape index (κ1) is 28.2. The highest BCUT2D eigenvalue weighted by atomic mass is 16.6. The number of esters is 1. The number of benzene rings is 4. The van der Waals surface area contributed by atoms with E-state index >= 15 is 0 Å². The molecule has 0 aliphatic rings. The number of nitro groups is 1. The molecule has 3 N–H and O–H groups in total. The van der Waals surface area contributed by atoms with E-state index in [0.717, 1.165) is 11.4 Å². The van der Waals surface area contributed by atoms with Gasteiger partial charge in [0.05, 0.1) is 23.8 Å². The second-order valence-electron chi connectivity index (χ2n) is 8.76. The van der Waals surface area contributed by atoms with E-state index in [2.05, 4.69) is 36.1 Å². The van der Waals surface area contributed by atoms with Crippen molar-refractivity contribution in [1.82, 2.24) is 15.0 Å². The maximum atomic E-state index is 12.5. The van der Waals surface area contributed by atoms with Crippen LogP contribution in [0.25, 0.3) is 0 Å². The number of carbonyl (C=O) groups is 1. The fourth-order valence-corrected chi connectivity index (χ4v) is 3.73. The Hall–Kier alpha value is -6.37. The molecule has 0 saturated carbocycles. The molecule has 1 heterocycles. The highest BCUT2D eigenvalue weighted by Gasteiger charge is 2.15. The van der Waals surface area contributed by atoms with Crippen LogP contribution in [0.1, 0.15) is 15.9 Å². The summed E-state index contributed by atoms with van der Waals surface area (Å²) in [4.78, 5) is 36.1. The van der Waals surface area contributed by atoms with Crippen LogP contribution in [0.15, 0.2) is 108 Å². The summed E-state index contributed by atoms with van der Waals surface area (Å²) in [5.74, 6) is 0.552. The van der Waals surface area contributed by atoms with Crippen LogP contribution in [-0.2, 0) is 0 Å². The predicted molar refractivity (Wildman–Crippen MR) is 162 cm³/mol. The summed E-state index contributed by atoms with van der Waals surface area (Å²) in [6.07, 6.45) is 1.52. The van der Waals surface area contributed by atoms with Crippen LogP contribution in [0.4, 0.5) is 34.9 Å². The van der Waals surface area contributed by atoms with Crippen molar-refractivity contribution in [2.75, 3.05) is 23.2 Å². The van der Waals surface area contributed by atoms with Gasteiger partial charge in [-0.1, -0.05) is 36.4 Å². The number of nitro benzene ring substituents is 1. The first-order valence-electron chi connectivity index (χ1n) is 12.8. The minimum absolute atomic E-state index is 0.129. The van der Waals surface area contributed by atoms with Crippen molar-refractivity contribution in [3.8, 4) is 11.5 Å². The van der Waals surface area contributed by atoms with Crippen molar-refractivity contribution in [2.24, 2.45) is 5.10 Å². The van der Waals surface area contributed by atoms with Gasteiger partial charge in [-0.05, 0) is 60.2 Å². The number of hydrogen-bond donors (Lipinski definition) is 3. The molecule has 5 rings (SSSR count). The zero-order chi connectivity index (χ0) is 30.0. The normalized spacial score (nSPS) is 10.6. The predicted octanol–water partition coefficient (Wildman–Crippen LogP) is 5.94. The molecular weight excluding hydrogens is 552 g/mol. The third-order valence-corrected chi connectivity index (χ3v) is 5.78. The lowest BCUT2D eigenvalue weighted by molar-refractivity contribution is -0.384. The maximum Gasteiger partial charge on any atom is 0.343 e. The van der Waals surface area contributed by atoms with E-state index in [1.807, 2.05) is 60.7 Å². The molecule has 0 fully saturated rings. The summed E-state index contributed by atoms with van der Waals surface area (Å²) in [5, 5.41) is 21.4. The number of anilines is 5. The molecule has 5 aromatic rings. The lowest BCUT2D eigenvalue weighted by atomic mass is 10.2. The molecule has 0 amide bonds. The molecule has 4 aromatic carbocycles. The number of nitrogens with one attached hydrogen (secondary N) is 3. The summed E-state index contributed by atoms with van der Waals surface area (Å²) in [5.41, 5.74) is 5.07. The molecule has 214 valence electrons. The summed E-state index contributed by atoms with van der Waals surface area (Å²) >= 11 is 0. The Labute approximate surface area is 245 Å². The van der Waals surface area contributed by atoms with Crippen LogP contribution in [-0.4, -0.2) is 39.2 Å². The number of nitrogens with zero attached hydrogens (tertiary/aromatic N) is 5. The fraction of sp³-hybridized carbons (Fsp3) is 0.0333. The summed E-state index contributed by atoms with van der Waals surface area (Å²) in [6, 6.07) is 28.9. The number of methoxy groups -OCH3 is 1. The number of aromatic nitrogens is 3. The average molecular weight is 577 g/mol. The summed E-state index contributed by atoms with van der Waals surface area (Å²) < 4.78 is 10.8. The topological polar surface area (TPSA) is 166 Å². The van der Waals surface area contributed by atoms with E-state index < -0.39 is 10.9 Å². The van der Waals surface area contributed by atoms with Crippen LogP contribution >= 0.6 is 0 Å². The summed E-state index contributed by atoms with van der Waals surface area (Å²) in [6.45, 7) is 0. The second-order valence-corrected chi connectivity index (χ2v) is 8.76. The van der Waals surface area contributed by atoms with Gasteiger partial charge in [0.25, 0.3) is 5.69 Å². The van der Waals surface area contributed by atoms with Gasteiger partial charge in [0.1, 0.15) is 0 Å². The minimum Gasteiger partial charge on any atom is -0.493 e. The summed E-state index contributed by atoms with van der Waals surface area (Å²) in [7, 11) is 1.44. The molecule has 1 aromatic heterocycles. The highest BCUT2D eigenvalue weighted by Crippen LogP contribution is 2.29. The number of rotatable bonds is 11. The molecule has 0 saturated heterocycles. The minimum atomic E-state index is -0.689. The smallest absolute Gasteiger partial charge is 0.343 e. The Bertz CT molecular complexity index is 1690. The number of non-ortho nitro benzene ring substituents is 1. The standard InChI is InChI=1S/C30H24N8O5/c1-42-26-18-20(12-17-25(26)43-27(39)21-13-15-24(16-14-21)38(40)41)19-31-37-30-35-28(32-22-8-4-2-5-9-22)34-29(36-30)33-23-10-6-3-7-11-23/h2-19H,1H3,(H3,32,33,34,35,36,37)/b31-19-. The number of ether oxygens (including phenoxy) is 2. The van der Waals surface area contributed by atoms with Gasteiger partial charge >= 0.3 is 5.97 Å². The average Bonchev–Trinajstić information content (AvgIpc) is 3.02. The Morgan fingerprint density at radius 3 is 1.93 bits per heavy atom. The van der Waals surface area contributed by atoms with Gasteiger partial charge in [-0.15, -0.1) is 0 Å². The third kappa shape index (κ3) is 7.64. The monoisotopic (exact) mass is 576 g/mol. The van der Waals surface area contributed by atoms with Crippen LogP contribution in [0.5, 0.6) is 11.5 Å². The highest BCUT2D eigenvalue weighted by molar-refractivity contribution is 5.92. The quantitative estimate of drug-likeness (QED) is 0.0560. The van der Waals surface area contributed by atoms with Crippen LogP contribution in [0.3, 0.4) is 0 Å². The fourth-order valence-electron chi connectivity index (χ4n) is 3.73. The van der Waals surface area contributed by atoms with Crippen molar-refractivity contribution in [1.29, 1.82) is 0 Å². The van der Waals surface area contributed by atoms with Crippen molar-refractivity contribution in [3.63, 3.8) is 0 Å². The van der Waals surface area contributed by atoms with E-state index in [1.165, 1.54) is 37.6 Å². The zero-order valence-corrected chi connectivity index (χ0v) is 22.7. The third-order valence-electron chi connectivity index (χ3n) is 5.78. The molecule has 0 unspecified atom stereocenters. The molecular formula is C30H24N8O5. The van der Waals surface area contributed by atoms with E-state index in [0.29, 0.717) is 17.5 Å². The largest absolute Gasteiger partial charge is 0.493 e. The first-order valence-corrected chi connectivity index (χ1v) is 12.8. The van der Waals surface area contributed by atoms with Gasteiger partial charge in [-0.2, -0.15) is 20.1 Å². The molecule has 0 spiro atoms. The lowest BCUT2D eigenvalue weighted by Crippen LogP contribution is -2.09. The lowest BCUT2D eigenvalue weighted by Gasteiger charge is -2.10. The number of hydrogen-bond acceptors (Lipinski definition) is 12. The van der Waals surface area contributed by atoms with E-state index in [1.54, 1.807) is 18.2 Å². The molecule has 43 heavy (non-hydrogen) atoms. The SMILES string of the molecule is COc1cc(/C=N\Nc2nc(Nc3ccccc3)nc(Nc3ccccc3)n2)ccc1OC(=O)c1ccc([N+](=O)[O-])cc1. The van der Waals surface area contributed by atoms with Gasteiger partial charge in [0.15, 0.2) is 11.5 Å². The van der Waals surface area contributed by atoms with Crippen LogP contribution in [0, 0.1) is 10.1 Å². The van der Waals surface area contributed by atoms with Crippen molar-refractivity contribution in [2.45, 2.75) is 0 Å². The molecule has 0 radical (unpaired) electrons. The van der Waals surface area contributed by atoms with Crippen molar-refractivity contribution in [3.05, 3.63) is 124 Å². The molecule has 0 aliphatic carbocycles. The Morgan fingerprint density at radius 2 is 1.37 bits per heavy atom. The molecule has 13 nitrogen and oxygen atoms in total.